The van der Waals surface area contributed by atoms with Gasteiger partial charge in [-0.05, 0) is 19.8 Å². The molecule has 4 heteroatoms. The van der Waals surface area contributed by atoms with Crippen molar-refractivity contribution in [3.8, 4) is 0 Å². The zero-order valence-electron chi connectivity index (χ0n) is 9.03. The van der Waals surface area contributed by atoms with Crippen LogP contribution in [-0.4, -0.2) is 39.9 Å². The van der Waals surface area contributed by atoms with Gasteiger partial charge in [-0.1, -0.05) is 19.3 Å². The van der Waals surface area contributed by atoms with E-state index in [1.165, 1.54) is 13.3 Å². The molecule has 1 saturated heterocycles. The Morgan fingerprint density at radius 2 is 1.87 bits per heavy atom. The smallest absolute Gasteiger partial charge is 0.293 e. The van der Waals surface area contributed by atoms with Crippen molar-refractivity contribution >= 4 is 11.7 Å². The van der Waals surface area contributed by atoms with Gasteiger partial charge in [0.2, 0.25) is 0 Å². The highest BCUT2D eigenvalue weighted by Crippen LogP contribution is 2.28. The zero-order valence-corrected chi connectivity index (χ0v) is 9.03. The van der Waals surface area contributed by atoms with Crippen LogP contribution in [0.15, 0.2) is 0 Å². The van der Waals surface area contributed by atoms with Crippen LogP contribution in [0.4, 0.5) is 0 Å². The van der Waals surface area contributed by atoms with Crippen LogP contribution in [0, 0.1) is 0 Å². The van der Waals surface area contributed by atoms with Crippen molar-refractivity contribution in [3.63, 3.8) is 0 Å². The number of carbonyl (C=O) groups excluding carboxylic acids is 2. The summed E-state index contributed by atoms with van der Waals surface area (Å²) in [6.45, 7) is 1.60. The molecule has 0 radical (unpaired) electrons. The van der Waals surface area contributed by atoms with Crippen molar-refractivity contribution in [3.05, 3.63) is 0 Å². The maximum absolute atomic E-state index is 11.6. The second-order valence-corrected chi connectivity index (χ2v) is 4.83. The number of ketones is 1. The van der Waals surface area contributed by atoms with Gasteiger partial charge in [-0.2, -0.15) is 0 Å². The van der Waals surface area contributed by atoms with E-state index in [-0.39, 0.29) is 12.6 Å². The lowest BCUT2D eigenvalue weighted by molar-refractivity contribution is -0.145. The van der Waals surface area contributed by atoms with Crippen LogP contribution >= 0.6 is 0 Å². The van der Waals surface area contributed by atoms with Gasteiger partial charge in [0.15, 0.2) is 0 Å². The first-order valence-electron chi connectivity index (χ1n) is 5.60. The molecule has 1 amide bonds. The fourth-order valence-electron chi connectivity index (χ4n) is 2.52. The van der Waals surface area contributed by atoms with Gasteiger partial charge >= 0.3 is 0 Å². The van der Waals surface area contributed by atoms with Gasteiger partial charge in [0.1, 0.15) is 5.60 Å². The summed E-state index contributed by atoms with van der Waals surface area (Å²) >= 11 is 0. The molecule has 2 fully saturated rings. The Balaban J connectivity index is 2.11. The first-order chi connectivity index (χ1) is 7.02. The number of hydrogen-bond donors (Lipinski definition) is 1. The van der Waals surface area contributed by atoms with Crippen LogP contribution in [0.5, 0.6) is 0 Å². The Bertz CT molecular complexity index is 292. The van der Waals surface area contributed by atoms with E-state index in [4.69, 9.17) is 0 Å². The Kier molecular flexibility index (Phi) is 2.54. The highest BCUT2D eigenvalue weighted by Gasteiger charge is 2.49. The number of hydrogen-bond acceptors (Lipinski definition) is 3. The third kappa shape index (κ3) is 1.78. The minimum absolute atomic E-state index is 0.171. The third-order valence-corrected chi connectivity index (χ3v) is 3.44. The van der Waals surface area contributed by atoms with Crippen LogP contribution < -0.4 is 0 Å². The van der Waals surface area contributed by atoms with Gasteiger partial charge in [0.25, 0.3) is 11.7 Å². The van der Waals surface area contributed by atoms with Gasteiger partial charge in [-0.15, -0.1) is 0 Å². The van der Waals surface area contributed by atoms with Crippen molar-refractivity contribution in [2.45, 2.75) is 50.7 Å². The Labute approximate surface area is 89.3 Å². The molecule has 84 valence electrons. The highest BCUT2D eigenvalue weighted by molar-refractivity contribution is 6.41. The molecule has 4 nitrogen and oxygen atoms in total. The average Bonchev–Trinajstić information content (AvgIpc) is 2.44. The lowest BCUT2D eigenvalue weighted by atomic mass is 9.94. The summed E-state index contributed by atoms with van der Waals surface area (Å²) in [5, 5.41) is 9.72. The summed E-state index contributed by atoms with van der Waals surface area (Å²) in [5.41, 5.74) is -1.46. The number of aliphatic hydroxyl groups is 1. The Morgan fingerprint density at radius 3 is 2.33 bits per heavy atom. The topological polar surface area (TPSA) is 57.6 Å². The number of β-amino-alcohol motifs (C(OH)–C–C–N with tert-alkyl or cyclic N) is 1. The molecule has 0 aromatic heterocycles. The fraction of sp³-hybridized carbons (Fsp3) is 0.818. The summed E-state index contributed by atoms with van der Waals surface area (Å²) in [7, 11) is 0. The lowest BCUT2D eigenvalue weighted by Gasteiger charge is -2.30. The van der Waals surface area contributed by atoms with Gasteiger partial charge in [0, 0.05) is 6.04 Å². The summed E-state index contributed by atoms with van der Waals surface area (Å²) in [6, 6.07) is 0.171. The normalized spacial score (nSPS) is 33.9. The molecule has 1 aliphatic heterocycles. The van der Waals surface area contributed by atoms with E-state index >= 15 is 0 Å². The standard InChI is InChI=1S/C11H17NO3/c1-11(15)7-12(10(14)9(11)13)8-5-3-2-4-6-8/h8,15H,2-7H2,1H3/t11-/m0/s1. The molecular formula is C11H17NO3. The van der Waals surface area contributed by atoms with Gasteiger partial charge in [-0.25, -0.2) is 0 Å². The summed E-state index contributed by atoms with van der Waals surface area (Å²) in [6.07, 6.45) is 5.38. The van der Waals surface area contributed by atoms with Crippen molar-refractivity contribution in [1.29, 1.82) is 0 Å². The minimum atomic E-state index is -1.46. The molecule has 0 aromatic carbocycles. The summed E-state index contributed by atoms with van der Waals surface area (Å²) < 4.78 is 0. The maximum Gasteiger partial charge on any atom is 0.293 e. The van der Waals surface area contributed by atoms with Crippen molar-refractivity contribution in [1.82, 2.24) is 4.90 Å². The predicted octanol–water partition coefficient (Wildman–Crippen LogP) is 0.481. The SMILES string of the molecule is C[C@]1(O)CN(C2CCCCC2)C(=O)C1=O. The predicted molar refractivity (Wildman–Crippen MR) is 54.2 cm³/mol. The molecule has 0 aromatic rings. The molecule has 1 saturated carbocycles. The van der Waals surface area contributed by atoms with E-state index in [0.717, 1.165) is 25.7 Å². The number of Topliss-reactive ketones (excluding diaryl/α,β-unsaturated/α-hetero) is 1. The van der Waals surface area contributed by atoms with Crippen LogP contribution in [0.1, 0.15) is 39.0 Å². The van der Waals surface area contributed by atoms with Crippen LogP contribution in [0.25, 0.3) is 0 Å². The first-order valence-corrected chi connectivity index (χ1v) is 5.60. The zero-order chi connectivity index (χ0) is 11.1. The van der Waals surface area contributed by atoms with E-state index < -0.39 is 17.3 Å². The second-order valence-electron chi connectivity index (χ2n) is 4.83. The molecule has 0 bridgehead atoms. The monoisotopic (exact) mass is 211 g/mol. The maximum atomic E-state index is 11.6. The number of nitrogens with zero attached hydrogens (tertiary/aromatic N) is 1. The second kappa shape index (κ2) is 3.59. The van der Waals surface area contributed by atoms with Gasteiger partial charge < -0.3 is 10.0 Å². The van der Waals surface area contributed by atoms with Gasteiger partial charge in [-0.3, -0.25) is 9.59 Å². The van der Waals surface area contributed by atoms with E-state index in [1.807, 2.05) is 0 Å². The molecule has 2 rings (SSSR count). The molecule has 0 unspecified atom stereocenters. The average molecular weight is 211 g/mol. The molecule has 1 N–H and O–H groups in total. The molecular weight excluding hydrogens is 194 g/mol. The van der Waals surface area contributed by atoms with Crippen molar-refractivity contribution in [2.75, 3.05) is 6.54 Å². The first kappa shape index (κ1) is 10.6. The van der Waals surface area contributed by atoms with E-state index in [2.05, 4.69) is 0 Å². The molecule has 15 heavy (non-hydrogen) atoms. The molecule has 1 heterocycles. The number of rotatable bonds is 1. The van der Waals surface area contributed by atoms with Crippen molar-refractivity contribution < 1.29 is 14.7 Å². The lowest BCUT2D eigenvalue weighted by Crippen LogP contribution is -2.39. The minimum Gasteiger partial charge on any atom is -0.380 e. The van der Waals surface area contributed by atoms with E-state index in [9.17, 15) is 14.7 Å². The Morgan fingerprint density at radius 1 is 1.27 bits per heavy atom. The summed E-state index contributed by atoms with van der Waals surface area (Å²) in [4.78, 5) is 24.6. The van der Waals surface area contributed by atoms with E-state index in [1.54, 1.807) is 4.90 Å². The Hall–Kier alpha value is -0.900. The van der Waals surface area contributed by atoms with Gasteiger partial charge in [0.05, 0.1) is 6.54 Å². The van der Waals surface area contributed by atoms with Crippen molar-refractivity contribution in [2.24, 2.45) is 0 Å². The number of likely N-dealkylation sites (tertiary alicyclic amines) is 1. The quantitative estimate of drug-likeness (QED) is 0.642. The highest BCUT2D eigenvalue weighted by atomic mass is 16.3. The summed E-state index contributed by atoms with van der Waals surface area (Å²) in [5.74, 6) is -1.14. The number of amides is 1. The third-order valence-electron chi connectivity index (χ3n) is 3.44. The van der Waals surface area contributed by atoms with Crippen LogP contribution in [0.3, 0.4) is 0 Å². The molecule has 1 atom stereocenters. The molecule has 1 aliphatic carbocycles. The molecule has 0 spiro atoms. The largest absolute Gasteiger partial charge is 0.380 e. The number of carbonyl (C=O) groups is 2. The van der Waals surface area contributed by atoms with E-state index in [0.29, 0.717) is 0 Å². The van der Waals surface area contributed by atoms with Crippen LogP contribution in [-0.2, 0) is 9.59 Å². The van der Waals surface area contributed by atoms with Crippen LogP contribution in [0.2, 0.25) is 0 Å². The fourth-order valence-corrected chi connectivity index (χ4v) is 2.52. The molecule has 2 aliphatic rings.